The van der Waals surface area contributed by atoms with E-state index in [4.69, 9.17) is 4.74 Å². The van der Waals surface area contributed by atoms with Crippen molar-refractivity contribution in [1.29, 1.82) is 0 Å². The zero-order chi connectivity index (χ0) is 10.9. The van der Waals surface area contributed by atoms with Gasteiger partial charge in [-0.15, -0.1) is 0 Å². The highest BCUT2D eigenvalue weighted by Gasteiger charge is 2.32. The number of carbonyl (C=O) groups excluding carboxylic acids is 1. The molecule has 0 saturated carbocycles. The van der Waals surface area contributed by atoms with Crippen molar-refractivity contribution in [1.82, 2.24) is 0 Å². The van der Waals surface area contributed by atoms with Crippen molar-refractivity contribution in [3.8, 4) is 0 Å². The standard InChI is InChI=1S/C12H20O2/c1-8-6-11(14-10(3)13)7-12(4,5)9(8)2/h11H,6-7H2,1-5H3/t11-/m1/s1. The molecule has 0 aromatic rings. The molecule has 0 amide bonds. The van der Waals surface area contributed by atoms with Gasteiger partial charge in [-0.3, -0.25) is 4.79 Å². The summed E-state index contributed by atoms with van der Waals surface area (Å²) in [6.07, 6.45) is 1.91. The van der Waals surface area contributed by atoms with E-state index in [2.05, 4.69) is 27.7 Å². The van der Waals surface area contributed by atoms with Gasteiger partial charge in [0.25, 0.3) is 0 Å². The smallest absolute Gasteiger partial charge is 0.302 e. The Morgan fingerprint density at radius 2 is 2.00 bits per heavy atom. The number of hydrogen-bond donors (Lipinski definition) is 0. The van der Waals surface area contributed by atoms with Crippen LogP contribution in [0.1, 0.15) is 47.5 Å². The predicted molar refractivity (Wildman–Crippen MR) is 56.9 cm³/mol. The number of esters is 1. The van der Waals surface area contributed by atoms with E-state index in [1.807, 2.05) is 0 Å². The molecule has 1 rings (SSSR count). The first-order chi connectivity index (χ1) is 6.33. The van der Waals surface area contributed by atoms with Gasteiger partial charge in [0.2, 0.25) is 0 Å². The molecule has 0 aromatic heterocycles. The van der Waals surface area contributed by atoms with Gasteiger partial charge in [-0.05, 0) is 25.7 Å². The first-order valence-corrected chi connectivity index (χ1v) is 5.17. The van der Waals surface area contributed by atoms with Gasteiger partial charge in [0.05, 0.1) is 0 Å². The van der Waals surface area contributed by atoms with Gasteiger partial charge >= 0.3 is 5.97 Å². The molecule has 0 heterocycles. The Balaban J connectivity index is 2.79. The second-order valence-electron chi connectivity index (χ2n) is 4.93. The Morgan fingerprint density at radius 1 is 1.43 bits per heavy atom. The highest BCUT2D eigenvalue weighted by Crippen LogP contribution is 2.40. The van der Waals surface area contributed by atoms with E-state index in [1.165, 1.54) is 18.1 Å². The summed E-state index contributed by atoms with van der Waals surface area (Å²) in [4.78, 5) is 10.9. The quantitative estimate of drug-likeness (QED) is 0.476. The minimum atomic E-state index is -0.168. The molecular formula is C12H20O2. The predicted octanol–water partition coefficient (Wildman–Crippen LogP) is 3.07. The molecule has 0 saturated heterocycles. The molecule has 1 aliphatic carbocycles. The van der Waals surface area contributed by atoms with Crippen LogP contribution in [0.2, 0.25) is 0 Å². The van der Waals surface area contributed by atoms with Crippen molar-refractivity contribution in [2.24, 2.45) is 5.41 Å². The van der Waals surface area contributed by atoms with Crippen molar-refractivity contribution in [3.05, 3.63) is 11.1 Å². The maximum absolute atomic E-state index is 10.9. The maximum Gasteiger partial charge on any atom is 0.302 e. The third-order valence-corrected chi connectivity index (χ3v) is 3.26. The lowest BCUT2D eigenvalue weighted by atomic mass is 9.72. The fraction of sp³-hybridized carbons (Fsp3) is 0.750. The van der Waals surface area contributed by atoms with Crippen LogP contribution in [0.4, 0.5) is 0 Å². The maximum atomic E-state index is 10.9. The lowest BCUT2D eigenvalue weighted by Gasteiger charge is -2.36. The van der Waals surface area contributed by atoms with Gasteiger partial charge < -0.3 is 4.74 Å². The van der Waals surface area contributed by atoms with Crippen LogP contribution in [0.5, 0.6) is 0 Å². The Morgan fingerprint density at radius 3 is 2.43 bits per heavy atom. The summed E-state index contributed by atoms with van der Waals surface area (Å²) in [6.45, 7) is 10.2. The third kappa shape index (κ3) is 2.37. The van der Waals surface area contributed by atoms with E-state index >= 15 is 0 Å². The monoisotopic (exact) mass is 196 g/mol. The van der Waals surface area contributed by atoms with Crippen molar-refractivity contribution >= 4 is 5.97 Å². The molecule has 0 radical (unpaired) electrons. The second kappa shape index (κ2) is 3.76. The van der Waals surface area contributed by atoms with Crippen LogP contribution in [0.25, 0.3) is 0 Å². The summed E-state index contributed by atoms with van der Waals surface area (Å²) in [5.74, 6) is -0.168. The van der Waals surface area contributed by atoms with E-state index in [0.717, 1.165) is 12.8 Å². The van der Waals surface area contributed by atoms with E-state index in [-0.39, 0.29) is 17.5 Å². The fourth-order valence-electron chi connectivity index (χ4n) is 2.18. The molecule has 0 aliphatic heterocycles. The van der Waals surface area contributed by atoms with E-state index in [9.17, 15) is 4.79 Å². The van der Waals surface area contributed by atoms with Crippen LogP contribution in [-0.4, -0.2) is 12.1 Å². The summed E-state index contributed by atoms with van der Waals surface area (Å²) >= 11 is 0. The lowest BCUT2D eigenvalue weighted by Crippen LogP contribution is -2.30. The van der Waals surface area contributed by atoms with E-state index in [1.54, 1.807) is 0 Å². The molecule has 0 bridgehead atoms. The minimum Gasteiger partial charge on any atom is -0.462 e. The molecule has 0 N–H and O–H groups in total. The summed E-state index contributed by atoms with van der Waals surface area (Å²) in [6, 6.07) is 0. The first-order valence-electron chi connectivity index (χ1n) is 5.17. The van der Waals surface area contributed by atoms with E-state index < -0.39 is 0 Å². The van der Waals surface area contributed by atoms with Gasteiger partial charge in [-0.25, -0.2) is 0 Å². The average molecular weight is 196 g/mol. The first kappa shape index (κ1) is 11.3. The third-order valence-electron chi connectivity index (χ3n) is 3.26. The van der Waals surface area contributed by atoms with Crippen LogP contribution in [0.3, 0.4) is 0 Å². The normalized spacial score (nSPS) is 26.2. The van der Waals surface area contributed by atoms with Crippen LogP contribution in [0.15, 0.2) is 11.1 Å². The zero-order valence-corrected chi connectivity index (χ0v) is 9.81. The SMILES string of the molecule is CC(=O)O[C@@H]1CC(C)=C(C)C(C)(C)C1. The average Bonchev–Trinajstić information content (AvgIpc) is 1.98. The number of hydrogen-bond acceptors (Lipinski definition) is 2. The van der Waals surface area contributed by atoms with Crippen LogP contribution >= 0.6 is 0 Å². The lowest BCUT2D eigenvalue weighted by molar-refractivity contribution is -0.147. The molecule has 0 fully saturated rings. The highest BCUT2D eigenvalue weighted by atomic mass is 16.5. The Kier molecular flexibility index (Phi) is 3.03. The summed E-state index contributed by atoms with van der Waals surface area (Å²) in [5.41, 5.74) is 2.98. The summed E-state index contributed by atoms with van der Waals surface area (Å²) < 4.78 is 5.27. The van der Waals surface area contributed by atoms with Crippen LogP contribution < -0.4 is 0 Å². The van der Waals surface area contributed by atoms with Gasteiger partial charge in [0.1, 0.15) is 6.10 Å². The van der Waals surface area contributed by atoms with Gasteiger partial charge in [0, 0.05) is 13.3 Å². The molecule has 0 unspecified atom stereocenters. The number of rotatable bonds is 1. The molecular weight excluding hydrogens is 176 g/mol. The molecule has 2 nitrogen and oxygen atoms in total. The Hall–Kier alpha value is -0.790. The van der Waals surface area contributed by atoms with Crippen molar-refractivity contribution in [2.45, 2.75) is 53.6 Å². The molecule has 1 aliphatic rings. The van der Waals surface area contributed by atoms with Gasteiger partial charge in [-0.2, -0.15) is 0 Å². The summed E-state index contributed by atoms with van der Waals surface area (Å²) in [7, 11) is 0. The van der Waals surface area contributed by atoms with Crippen molar-refractivity contribution in [3.63, 3.8) is 0 Å². The molecule has 2 heteroatoms. The van der Waals surface area contributed by atoms with Crippen LogP contribution in [-0.2, 0) is 9.53 Å². The molecule has 14 heavy (non-hydrogen) atoms. The van der Waals surface area contributed by atoms with Crippen LogP contribution in [0, 0.1) is 5.41 Å². The number of carbonyl (C=O) groups is 1. The van der Waals surface area contributed by atoms with Crippen molar-refractivity contribution in [2.75, 3.05) is 0 Å². The number of allylic oxidation sites excluding steroid dienone is 1. The zero-order valence-electron chi connectivity index (χ0n) is 9.81. The van der Waals surface area contributed by atoms with Gasteiger partial charge in [0.15, 0.2) is 0 Å². The Bertz CT molecular complexity index is 274. The molecule has 80 valence electrons. The molecule has 0 aromatic carbocycles. The topological polar surface area (TPSA) is 26.3 Å². The molecule has 1 atom stereocenters. The largest absolute Gasteiger partial charge is 0.462 e. The van der Waals surface area contributed by atoms with Gasteiger partial charge in [-0.1, -0.05) is 25.0 Å². The fourth-order valence-corrected chi connectivity index (χ4v) is 2.18. The highest BCUT2D eigenvalue weighted by molar-refractivity contribution is 5.66. The van der Waals surface area contributed by atoms with E-state index in [0.29, 0.717) is 0 Å². The Labute approximate surface area is 86.3 Å². The number of ether oxygens (including phenoxy) is 1. The molecule has 0 spiro atoms. The van der Waals surface area contributed by atoms with Crippen molar-refractivity contribution < 1.29 is 9.53 Å². The second-order valence-corrected chi connectivity index (χ2v) is 4.93. The minimum absolute atomic E-state index is 0.0752. The summed E-state index contributed by atoms with van der Waals surface area (Å²) in [5, 5.41) is 0.